The number of carbonyl (C=O) groups excluding carboxylic acids is 2. The number of fused-ring (bicyclic) bond motifs is 1. The number of nitrogens with two attached hydrogens (primary N) is 1. The van der Waals surface area contributed by atoms with Gasteiger partial charge in [0.15, 0.2) is 18.2 Å². The molecule has 0 saturated carbocycles. The van der Waals surface area contributed by atoms with Crippen LogP contribution in [0.2, 0.25) is 0 Å². The molecule has 31 heavy (non-hydrogen) atoms. The first-order valence-electron chi connectivity index (χ1n) is 9.12. The molecule has 0 radical (unpaired) electrons. The maximum Gasteiger partial charge on any atom is 0.508 e. The van der Waals surface area contributed by atoms with Gasteiger partial charge in [-0.3, -0.25) is 4.79 Å². The SMILES string of the molecule is COC(=O)OC[C@H]1O[C@@](C#N)(c2ccc3c(N)ncnn23)[C@H](OC(C)=O)[C@@H]1OC(C)O. The molecule has 0 spiro atoms. The average molecular weight is 435 g/mol. The minimum atomic E-state index is -1.94. The highest BCUT2D eigenvalue weighted by atomic mass is 16.7. The van der Waals surface area contributed by atoms with Gasteiger partial charge >= 0.3 is 12.1 Å². The lowest BCUT2D eigenvalue weighted by Gasteiger charge is -2.29. The molecule has 3 heterocycles. The number of ether oxygens (including phenoxy) is 5. The van der Waals surface area contributed by atoms with Gasteiger partial charge in [0.2, 0.25) is 5.60 Å². The van der Waals surface area contributed by atoms with Gasteiger partial charge in [0.1, 0.15) is 36.7 Å². The quantitative estimate of drug-likeness (QED) is 0.454. The number of esters is 1. The van der Waals surface area contributed by atoms with Crippen LogP contribution < -0.4 is 5.73 Å². The van der Waals surface area contributed by atoms with Crippen LogP contribution in [0.1, 0.15) is 19.5 Å². The summed E-state index contributed by atoms with van der Waals surface area (Å²) in [6, 6.07) is 5.11. The number of hydrogen-bond donors (Lipinski definition) is 2. The molecule has 0 aromatic carbocycles. The van der Waals surface area contributed by atoms with Crippen LogP contribution in [0.3, 0.4) is 0 Å². The first-order chi connectivity index (χ1) is 14.7. The van der Waals surface area contributed by atoms with Crippen LogP contribution in [0, 0.1) is 11.3 Å². The summed E-state index contributed by atoms with van der Waals surface area (Å²) in [5, 5.41) is 24.1. The Kier molecular flexibility index (Phi) is 6.25. The Balaban J connectivity index is 2.13. The molecular formula is C18H21N5O8. The van der Waals surface area contributed by atoms with Crippen molar-refractivity contribution in [3.8, 4) is 6.07 Å². The molecule has 0 amide bonds. The third kappa shape index (κ3) is 4.08. The summed E-state index contributed by atoms with van der Waals surface area (Å²) in [5.41, 5.74) is 4.49. The summed E-state index contributed by atoms with van der Waals surface area (Å²) in [4.78, 5) is 27.2. The van der Waals surface area contributed by atoms with Crippen molar-refractivity contribution >= 4 is 23.5 Å². The lowest BCUT2D eigenvalue weighted by atomic mass is 9.92. The zero-order valence-electron chi connectivity index (χ0n) is 16.9. The average Bonchev–Trinajstić information content (AvgIpc) is 3.27. The number of methoxy groups -OCH3 is 1. The van der Waals surface area contributed by atoms with Crippen LogP contribution in [0.25, 0.3) is 5.52 Å². The molecule has 13 heteroatoms. The smallest absolute Gasteiger partial charge is 0.455 e. The number of aliphatic hydroxyl groups is 1. The molecule has 3 rings (SSSR count). The zero-order valence-corrected chi connectivity index (χ0v) is 16.9. The molecule has 13 nitrogen and oxygen atoms in total. The van der Waals surface area contributed by atoms with E-state index in [4.69, 9.17) is 24.7 Å². The number of anilines is 1. The van der Waals surface area contributed by atoms with Crippen molar-refractivity contribution in [3.05, 3.63) is 24.2 Å². The predicted octanol–water partition coefficient (Wildman–Crippen LogP) is -0.133. The number of carbonyl (C=O) groups is 2. The van der Waals surface area contributed by atoms with Crippen LogP contribution in [-0.4, -0.2) is 70.1 Å². The molecule has 0 aliphatic carbocycles. The van der Waals surface area contributed by atoms with Gasteiger partial charge in [0.05, 0.1) is 12.8 Å². The van der Waals surface area contributed by atoms with E-state index in [1.54, 1.807) is 6.07 Å². The Hall–Kier alpha value is -3.47. The highest BCUT2D eigenvalue weighted by molar-refractivity contribution is 5.68. The molecule has 1 fully saturated rings. The predicted molar refractivity (Wildman–Crippen MR) is 100 cm³/mol. The van der Waals surface area contributed by atoms with E-state index >= 15 is 0 Å². The Bertz CT molecular complexity index is 1020. The second-order valence-electron chi connectivity index (χ2n) is 6.66. The lowest BCUT2D eigenvalue weighted by Crippen LogP contribution is -2.46. The van der Waals surface area contributed by atoms with Gasteiger partial charge in [-0.2, -0.15) is 10.4 Å². The summed E-state index contributed by atoms with van der Waals surface area (Å²) >= 11 is 0. The van der Waals surface area contributed by atoms with E-state index in [-0.39, 0.29) is 11.5 Å². The molecule has 1 aliphatic heterocycles. The molecule has 3 N–H and O–H groups in total. The number of aliphatic hydroxyl groups excluding tert-OH is 1. The molecule has 2 aromatic heterocycles. The number of rotatable bonds is 6. The lowest BCUT2D eigenvalue weighted by molar-refractivity contribution is -0.179. The van der Waals surface area contributed by atoms with Crippen molar-refractivity contribution in [1.29, 1.82) is 5.26 Å². The molecule has 1 aliphatic rings. The molecule has 166 valence electrons. The number of aromatic nitrogens is 3. The minimum Gasteiger partial charge on any atom is -0.455 e. The summed E-state index contributed by atoms with van der Waals surface area (Å²) in [6.45, 7) is 2.07. The largest absolute Gasteiger partial charge is 0.508 e. The molecule has 1 unspecified atom stereocenters. The first-order valence-corrected chi connectivity index (χ1v) is 9.12. The van der Waals surface area contributed by atoms with Crippen molar-refractivity contribution in [2.75, 3.05) is 19.5 Å². The van der Waals surface area contributed by atoms with Crippen LogP contribution in [0.4, 0.5) is 10.6 Å². The van der Waals surface area contributed by atoms with Crippen LogP contribution in [0.5, 0.6) is 0 Å². The van der Waals surface area contributed by atoms with E-state index in [2.05, 4.69) is 14.8 Å². The highest BCUT2D eigenvalue weighted by Gasteiger charge is 2.61. The first kappa shape index (κ1) is 22.2. The summed E-state index contributed by atoms with van der Waals surface area (Å²) in [6.07, 6.45) is -4.77. The Morgan fingerprint density at radius 1 is 1.48 bits per heavy atom. The van der Waals surface area contributed by atoms with Crippen molar-refractivity contribution in [1.82, 2.24) is 14.6 Å². The van der Waals surface area contributed by atoms with Crippen molar-refractivity contribution in [2.45, 2.75) is 44.1 Å². The van der Waals surface area contributed by atoms with Gasteiger partial charge in [0, 0.05) is 6.92 Å². The van der Waals surface area contributed by atoms with Gasteiger partial charge in [-0.05, 0) is 19.1 Å². The number of nitrogens with zero attached hydrogens (tertiary/aromatic N) is 4. The van der Waals surface area contributed by atoms with Gasteiger partial charge in [0.25, 0.3) is 0 Å². The van der Waals surface area contributed by atoms with Gasteiger partial charge in [-0.25, -0.2) is 14.3 Å². The number of nitriles is 1. The minimum absolute atomic E-state index is 0.152. The van der Waals surface area contributed by atoms with E-state index in [9.17, 15) is 20.0 Å². The van der Waals surface area contributed by atoms with Crippen molar-refractivity contribution in [2.24, 2.45) is 0 Å². The van der Waals surface area contributed by atoms with E-state index in [1.807, 2.05) is 6.07 Å². The molecule has 2 aromatic rings. The Morgan fingerprint density at radius 2 is 2.23 bits per heavy atom. The summed E-state index contributed by atoms with van der Waals surface area (Å²) in [7, 11) is 1.12. The van der Waals surface area contributed by atoms with E-state index in [0.29, 0.717) is 5.52 Å². The van der Waals surface area contributed by atoms with Crippen molar-refractivity contribution < 1.29 is 38.4 Å². The van der Waals surface area contributed by atoms with E-state index < -0.39 is 48.9 Å². The molecule has 1 saturated heterocycles. The Morgan fingerprint density at radius 3 is 2.84 bits per heavy atom. The third-order valence-corrected chi connectivity index (χ3v) is 4.61. The molecule has 0 bridgehead atoms. The van der Waals surface area contributed by atoms with Crippen LogP contribution >= 0.6 is 0 Å². The van der Waals surface area contributed by atoms with E-state index in [0.717, 1.165) is 14.0 Å². The van der Waals surface area contributed by atoms with Crippen molar-refractivity contribution in [3.63, 3.8) is 0 Å². The Labute approximate surface area is 176 Å². The topological polar surface area (TPSA) is 181 Å². The normalized spacial score (nSPS) is 26.2. The number of hydrogen-bond acceptors (Lipinski definition) is 12. The highest BCUT2D eigenvalue weighted by Crippen LogP contribution is 2.43. The summed E-state index contributed by atoms with van der Waals surface area (Å²) in [5.74, 6) is -0.573. The maximum absolute atomic E-state index is 11.9. The third-order valence-electron chi connectivity index (χ3n) is 4.61. The fourth-order valence-corrected chi connectivity index (χ4v) is 3.44. The summed E-state index contributed by atoms with van der Waals surface area (Å²) < 4.78 is 27.6. The van der Waals surface area contributed by atoms with Gasteiger partial charge < -0.3 is 34.5 Å². The fraction of sp³-hybridized carbons (Fsp3) is 0.500. The van der Waals surface area contributed by atoms with Gasteiger partial charge in [-0.1, -0.05) is 0 Å². The van der Waals surface area contributed by atoms with Crippen LogP contribution in [0.15, 0.2) is 18.5 Å². The van der Waals surface area contributed by atoms with Crippen LogP contribution in [-0.2, 0) is 34.1 Å². The second kappa shape index (κ2) is 8.72. The second-order valence-corrected chi connectivity index (χ2v) is 6.66. The number of nitrogen functional groups attached to an aromatic ring is 1. The van der Waals surface area contributed by atoms with E-state index in [1.165, 1.54) is 23.8 Å². The molecular weight excluding hydrogens is 414 g/mol. The molecule has 5 atom stereocenters. The standard InChI is InChI=1S/C18H21N5O8/c1-9(24)29-14-12(6-28-17(26)27-3)31-18(7-19,15(14)30-10(2)25)13-5-4-11-16(20)21-8-22-23(11)13/h4-5,8-9,12,14-15,24H,6H2,1-3H3,(H2,20,21,22)/t9?,12-,14-,15-,18+/m1/s1. The fourth-order valence-electron chi connectivity index (χ4n) is 3.44. The monoisotopic (exact) mass is 435 g/mol. The van der Waals surface area contributed by atoms with Gasteiger partial charge in [-0.15, -0.1) is 0 Å². The zero-order chi connectivity index (χ0) is 22.8. The maximum atomic E-state index is 11.9.